The SMILES string of the molecule is CSc1ccc(-c2ncccc2C(=O)c2cccc(F)c2)cc1. The molecule has 0 radical (unpaired) electrons. The maximum absolute atomic E-state index is 13.4. The molecule has 114 valence electrons. The fourth-order valence-electron chi connectivity index (χ4n) is 2.35. The second-order valence-electron chi connectivity index (χ2n) is 4.97. The van der Waals surface area contributed by atoms with Gasteiger partial charge in [-0.2, -0.15) is 0 Å². The summed E-state index contributed by atoms with van der Waals surface area (Å²) in [5.74, 6) is -0.660. The molecule has 3 rings (SSSR count). The smallest absolute Gasteiger partial charge is 0.195 e. The molecule has 0 unspecified atom stereocenters. The first-order valence-corrected chi connectivity index (χ1v) is 8.31. The van der Waals surface area contributed by atoms with E-state index >= 15 is 0 Å². The lowest BCUT2D eigenvalue weighted by Crippen LogP contribution is -2.05. The Morgan fingerprint density at radius 1 is 1.04 bits per heavy atom. The molecule has 0 bridgehead atoms. The molecule has 23 heavy (non-hydrogen) atoms. The summed E-state index contributed by atoms with van der Waals surface area (Å²) in [7, 11) is 0. The lowest BCUT2D eigenvalue weighted by atomic mass is 9.98. The molecule has 1 aromatic heterocycles. The lowest BCUT2D eigenvalue weighted by Gasteiger charge is -2.08. The molecule has 0 spiro atoms. The van der Waals surface area contributed by atoms with E-state index in [2.05, 4.69) is 4.98 Å². The number of carbonyl (C=O) groups is 1. The average molecular weight is 323 g/mol. The van der Waals surface area contributed by atoms with Crippen LogP contribution in [0.2, 0.25) is 0 Å². The van der Waals surface area contributed by atoms with Gasteiger partial charge in [-0.15, -0.1) is 11.8 Å². The van der Waals surface area contributed by atoms with Crippen LogP contribution in [0.4, 0.5) is 4.39 Å². The summed E-state index contributed by atoms with van der Waals surface area (Å²) in [4.78, 5) is 18.2. The Labute approximate surface area is 138 Å². The fraction of sp³-hybridized carbons (Fsp3) is 0.0526. The number of benzene rings is 2. The van der Waals surface area contributed by atoms with Gasteiger partial charge in [-0.3, -0.25) is 9.78 Å². The molecule has 0 aliphatic rings. The molecule has 1 heterocycles. The van der Waals surface area contributed by atoms with Crippen LogP contribution in [0.15, 0.2) is 71.8 Å². The van der Waals surface area contributed by atoms with Crippen LogP contribution in [0.1, 0.15) is 15.9 Å². The molecular weight excluding hydrogens is 309 g/mol. The van der Waals surface area contributed by atoms with Crippen molar-refractivity contribution >= 4 is 17.5 Å². The van der Waals surface area contributed by atoms with Crippen LogP contribution < -0.4 is 0 Å². The van der Waals surface area contributed by atoms with Crippen molar-refractivity contribution in [3.8, 4) is 11.3 Å². The van der Waals surface area contributed by atoms with E-state index in [1.165, 1.54) is 18.2 Å². The van der Waals surface area contributed by atoms with Gasteiger partial charge in [0.2, 0.25) is 0 Å². The molecule has 0 aliphatic heterocycles. The van der Waals surface area contributed by atoms with Crippen molar-refractivity contribution < 1.29 is 9.18 Å². The zero-order valence-electron chi connectivity index (χ0n) is 12.5. The highest BCUT2D eigenvalue weighted by Crippen LogP contribution is 2.26. The molecule has 0 saturated heterocycles. The molecule has 0 aliphatic carbocycles. The molecule has 2 nitrogen and oxygen atoms in total. The van der Waals surface area contributed by atoms with Crippen molar-refractivity contribution in [2.45, 2.75) is 4.90 Å². The number of rotatable bonds is 4. The van der Waals surface area contributed by atoms with Gasteiger partial charge in [0.25, 0.3) is 0 Å². The Morgan fingerprint density at radius 2 is 1.83 bits per heavy atom. The Morgan fingerprint density at radius 3 is 2.52 bits per heavy atom. The van der Waals surface area contributed by atoms with E-state index in [0.29, 0.717) is 16.8 Å². The van der Waals surface area contributed by atoms with E-state index in [1.54, 1.807) is 36.2 Å². The van der Waals surface area contributed by atoms with Gasteiger partial charge in [0.1, 0.15) is 5.82 Å². The first kappa shape index (κ1) is 15.4. The van der Waals surface area contributed by atoms with Crippen LogP contribution in [-0.4, -0.2) is 17.0 Å². The maximum atomic E-state index is 13.4. The maximum Gasteiger partial charge on any atom is 0.195 e. The highest BCUT2D eigenvalue weighted by atomic mass is 32.2. The molecular formula is C19H14FNOS. The van der Waals surface area contributed by atoms with E-state index in [9.17, 15) is 9.18 Å². The van der Waals surface area contributed by atoms with Gasteiger partial charge < -0.3 is 0 Å². The van der Waals surface area contributed by atoms with Crippen molar-refractivity contribution in [2.75, 3.05) is 6.26 Å². The van der Waals surface area contributed by atoms with Gasteiger partial charge >= 0.3 is 0 Å². The van der Waals surface area contributed by atoms with Crippen molar-refractivity contribution in [1.82, 2.24) is 4.98 Å². The summed E-state index contributed by atoms with van der Waals surface area (Å²) in [6.07, 6.45) is 3.66. The van der Waals surface area contributed by atoms with Gasteiger partial charge in [0, 0.05) is 27.8 Å². The van der Waals surface area contributed by atoms with E-state index in [0.717, 1.165) is 10.5 Å². The number of hydrogen-bond acceptors (Lipinski definition) is 3. The highest BCUT2D eigenvalue weighted by molar-refractivity contribution is 7.98. The molecule has 0 amide bonds. The van der Waals surface area contributed by atoms with Crippen molar-refractivity contribution in [3.63, 3.8) is 0 Å². The Kier molecular flexibility index (Phi) is 4.53. The minimum Gasteiger partial charge on any atom is -0.289 e. The number of nitrogens with zero attached hydrogens (tertiary/aromatic N) is 1. The lowest BCUT2D eigenvalue weighted by molar-refractivity contribution is 0.103. The topological polar surface area (TPSA) is 30.0 Å². The zero-order valence-corrected chi connectivity index (χ0v) is 13.3. The molecule has 0 N–H and O–H groups in total. The van der Waals surface area contributed by atoms with Gasteiger partial charge in [0.05, 0.1) is 5.69 Å². The van der Waals surface area contributed by atoms with Crippen LogP contribution in [0.25, 0.3) is 11.3 Å². The number of aromatic nitrogens is 1. The van der Waals surface area contributed by atoms with E-state index in [4.69, 9.17) is 0 Å². The monoisotopic (exact) mass is 323 g/mol. The highest BCUT2D eigenvalue weighted by Gasteiger charge is 2.16. The molecule has 2 aromatic carbocycles. The number of carbonyl (C=O) groups excluding carboxylic acids is 1. The summed E-state index contributed by atoms with van der Waals surface area (Å²) in [6.45, 7) is 0. The van der Waals surface area contributed by atoms with E-state index in [1.807, 2.05) is 30.5 Å². The summed E-state index contributed by atoms with van der Waals surface area (Å²) in [5, 5.41) is 0. The number of pyridine rings is 1. The summed E-state index contributed by atoms with van der Waals surface area (Å²) in [5.41, 5.74) is 2.26. The molecule has 4 heteroatoms. The number of halogens is 1. The molecule has 0 atom stereocenters. The first-order valence-electron chi connectivity index (χ1n) is 7.09. The zero-order chi connectivity index (χ0) is 16.2. The van der Waals surface area contributed by atoms with Crippen LogP contribution in [0.5, 0.6) is 0 Å². The van der Waals surface area contributed by atoms with Crippen molar-refractivity contribution in [3.05, 3.63) is 83.8 Å². The van der Waals surface area contributed by atoms with E-state index in [-0.39, 0.29) is 5.78 Å². The Bertz CT molecular complexity index is 846. The number of thioether (sulfide) groups is 1. The third-order valence-corrected chi connectivity index (χ3v) is 4.25. The Hall–Kier alpha value is -2.46. The Balaban J connectivity index is 2.05. The van der Waals surface area contributed by atoms with Crippen molar-refractivity contribution in [2.24, 2.45) is 0 Å². The van der Waals surface area contributed by atoms with Crippen LogP contribution in [0, 0.1) is 5.82 Å². The average Bonchev–Trinajstić information content (AvgIpc) is 2.61. The normalized spacial score (nSPS) is 10.5. The molecule has 0 fully saturated rings. The predicted molar refractivity (Wildman–Crippen MR) is 91.3 cm³/mol. The number of ketones is 1. The third-order valence-electron chi connectivity index (χ3n) is 3.50. The largest absolute Gasteiger partial charge is 0.289 e. The number of hydrogen-bond donors (Lipinski definition) is 0. The van der Waals surface area contributed by atoms with Crippen LogP contribution in [-0.2, 0) is 0 Å². The summed E-state index contributed by atoms with van der Waals surface area (Å²) >= 11 is 1.65. The second kappa shape index (κ2) is 6.75. The van der Waals surface area contributed by atoms with Crippen molar-refractivity contribution in [1.29, 1.82) is 0 Å². The van der Waals surface area contributed by atoms with Crippen LogP contribution in [0.3, 0.4) is 0 Å². The second-order valence-corrected chi connectivity index (χ2v) is 5.85. The van der Waals surface area contributed by atoms with Crippen LogP contribution >= 0.6 is 11.8 Å². The minimum atomic E-state index is -0.425. The summed E-state index contributed by atoms with van der Waals surface area (Å²) in [6, 6.07) is 17.0. The minimum absolute atomic E-state index is 0.235. The standard InChI is InChI=1S/C19H14FNOS/c1-23-16-9-7-13(8-10-16)18-17(6-3-11-21-18)19(22)14-4-2-5-15(20)12-14/h2-12H,1H3. The summed E-state index contributed by atoms with van der Waals surface area (Å²) < 4.78 is 13.4. The molecule has 3 aromatic rings. The quantitative estimate of drug-likeness (QED) is 0.508. The van der Waals surface area contributed by atoms with Gasteiger partial charge in [-0.05, 0) is 42.7 Å². The fourth-order valence-corrected chi connectivity index (χ4v) is 2.76. The van der Waals surface area contributed by atoms with Gasteiger partial charge in [0.15, 0.2) is 5.78 Å². The third kappa shape index (κ3) is 3.32. The van der Waals surface area contributed by atoms with E-state index < -0.39 is 5.82 Å². The predicted octanol–water partition coefficient (Wildman–Crippen LogP) is 4.84. The van der Waals surface area contributed by atoms with Gasteiger partial charge in [-0.25, -0.2) is 4.39 Å². The molecule has 0 saturated carbocycles. The van der Waals surface area contributed by atoms with Gasteiger partial charge in [-0.1, -0.05) is 24.3 Å². The first-order chi connectivity index (χ1) is 11.2.